The van der Waals surface area contributed by atoms with Crippen LogP contribution in [0.5, 0.6) is 0 Å². The molecule has 2 rings (SSSR count). The molecule has 0 unspecified atom stereocenters. The molecule has 0 atom stereocenters. The van der Waals surface area contributed by atoms with E-state index in [4.69, 9.17) is 5.11 Å². The number of carbonyl (C=O) groups is 1. The second kappa shape index (κ2) is 7.44. The maximum atomic E-state index is 12.9. The number of pyridine rings is 1. The highest BCUT2D eigenvalue weighted by Crippen LogP contribution is 2.33. The number of rotatable bonds is 6. The van der Waals surface area contributed by atoms with Crippen LogP contribution in [0.2, 0.25) is 0 Å². The summed E-state index contributed by atoms with van der Waals surface area (Å²) in [4.78, 5) is 14.8. The molecule has 2 aromatic rings. The normalized spacial score (nSPS) is 11.5. The molecule has 0 saturated carbocycles. The van der Waals surface area contributed by atoms with Crippen LogP contribution in [0.1, 0.15) is 23.6 Å². The number of aromatic nitrogens is 1. The second-order valence-electron chi connectivity index (χ2n) is 5.30. The fraction of sp³-hybridized carbons (Fsp3) is 0.294. The van der Waals surface area contributed by atoms with E-state index in [9.17, 15) is 18.0 Å². The topological polar surface area (TPSA) is 62.2 Å². The predicted molar refractivity (Wildman–Crippen MR) is 83.4 cm³/mol. The molecule has 7 heteroatoms. The van der Waals surface area contributed by atoms with E-state index in [1.807, 2.05) is 6.92 Å². The largest absolute Gasteiger partial charge is 0.481 e. The van der Waals surface area contributed by atoms with Crippen LogP contribution in [0.25, 0.3) is 11.1 Å². The molecule has 128 valence electrons. The van der Waals surface area contributed by atoms with Gasteiger partial charge in [0.2, 0.25) is 0 Å². The maximum Gasteiger partial charge on any atom is 0.416 e. The Morgan fingerprint density at radius 3 is 2.62 bits per heavy atom. The van der Waals surface area contributed by atoms with E-state index < -0.39 is 17.7 Å². The van der Waals surface area contributed by atoms with E-state index >= 15 is 0 Å². The van der Waals surface area contributed by atoms with E-state index in [1.165, 1.54) is 18.5 Å². The number of nitrogens with zero attached hydrogens (tertiary/aromatic N) is 1. The average molecular weight is 338 g/mol. The third kappa shape index (κ3) is 4.55. The van der Waals surface area contributed by atoms with Gasteiger partial charge < -0.3 is 10.4 Å². The summed E-state index contributed by atoms with van der Waals surface area (Å²) in [6.07, 6.45) is -1.65. The second-order valence-corrected chi connectivity index (χ2v) is 5.30. The van der Waals surface area contributed by atoms with Crippen molar-refractivity contribution in [2.45, 2.75) is 26.1 Å². The van der Waals surface area contributed by atoms with Crippen molar-refractivity contribution in [1.29, 1.82) is 0 Å². The number of halogens is 3. The molecule has 4 nitrogen and oxygen atoms in total. The minimum atomic E-state index is -4.41. The minimum Gasteiger partial charge on any atom is -0.481 e. The summed E-state index contributed by atoms with van der Waals surface area (Å²) in [5.41, 5.74) is 1.46. The van der Waals surface area contributed by atoms with Gasteiger partial charge in [-0.2, -0.15) is 13.2 Å². The van der Waals surface area contributed by atoms with E-state index in [-0.39, 0.29) is 13.0 Å². The lowest BCUT2D eigenvalue weighted by Gasteiger charge is -2.14. The Morgan fingerprint density at radius 2 is 2.00 bits per heavy atom. The average Bonchev–Trinajstić information content (AvgIpc) is 2.51. The van der Waals surface area contributed by atoms with Gasteiger partial charge in [-0.05, 0) is 41.4 Å². The zero-order valence-electron chi connectivity index (χ0n) is 13.0. The Hall–Kier alpha value is -2.41. The first-order valence-electron chi connectivity index (χ1n) is 7.38. The molecule has 0 spiro atoms. The molecule has 0 aliphatic heterocycles. The van der Waals surface area contributed by atoms with Gasteiger partial charge in [0.25, 0.3) is 0 Å². The Labute approximate surface area is 137 Å². The third-order valence-electron chi connectivity index (χ3n) is 3.46. The molecule has 1 heterocycles. The highest BCUT2D eigenvalue weighted by atomic mass is 19.4. The van der Waals surface area contributed by atoms with E-state index in [0.29, 0.717) is 28.8 Å². The monoisotopic (exact) mass is 338 g/mol. The van der Waals surface area contributed by atoms with Gasteiger partial charge in [-0.3, -0.25) is 9.78 Å². The van der Waals surface area contributed by atoms with Crippen LogP contribution in [-0.2, 0) is 23.9 Å². The maximum absolute atomic E-state index is 12.9. The van der Waals surface area contributed by atoms with Crippen LogP contribution in [0, 0.1) is 0 Å². The van der Waals surface area contributed by atoms with Gasteiger partial charge in [-0.15, -0.1) is 0 Å². The van der Waals surface area contributed by atoms with Crippen molar-refractivity contribution in [2.75, 3.05) is 6.54 Å². The zero-order valence-corrected chi connectivity index (χ0v) is 13.0. The molecule has 1 aromatic heterocycles. The molecule has 0 aliphatic carbocycles. The van der Waals surface area contributed by atoms with Crippen molar-refractivity contribution in [3.05, 3.63) is 53.3 Å². The molecule has 0 fully saturated rings. The van der Waals surface area contributed by atoms with Gasteiger partial charge in [0.05, 0.1) is 12.0 Å². The standard InChI is InChI=1S/C17H17F3N2O2/c1-2-21-9-13-7-14(17(18,19)20)3-4-15(13)12-5-11(6-16(23)24)8-22-10-12/h3-5,7-8,10,21H,2,6,9H2,1H3,(H,23,24). The summed E-state index contributed by atoms with van der Waals surface area (Å²) in [6, 6.07) is 5.17. The predicted octanol–water partition coefficient (Wildman–Crippen LogP) is 3.50. The Balaban J connectivity index is 2.46. The van der Waals surface area contributed by atoms with E-state index in [0.717, 1.165) is 12.1 Å². The smallest absolute Gasteiger partial charge is 0.416 e. The van der Waals surface area contributed by atoms with Gasteiger partial charge >= 0.3 is 12.1 Å². The lowest BCUT2D eigenvalue weighted by atomic mass is 9.97. The molecule has 0 saturated heterocycles. The molecular formula is C17H17F3N2O2. The number of carboxylic acid groups (broad SMARTS) is 1. The SMILES string of the molecule is CCNCc1cc(C(F)(F)F)ccc1-c1cncc(CC(=O)O)c1. The molecule has 0 bridgehead atoms. The van der Waals surface area contributed by atoms with Crippen LogP contribution >= 0.6 is 0 Å². The first kappa shape index (κ1) is 17.9. The van der Waals surface area contributed by atoms with Gasteiger partial charge in [0.1, 0.15) is 0 Å². The fourth-order valence-corrected chi connectivity index (χ4v) is 2.36. The number of carboxylic acids is 1. The highest BCUT2D eigenvalue weighted by Gasteiger charge is 2.31. The zero-order chi connectivity index (χ0) is 17.7. The number of nitrogens with one attached hydrogen (secondary N) is 1. The quantitative estimate of drug-likeness (QED) is 0.846. The number of hydrogen-bond donors (Lipinski definition) is 2. The molecule has 2 N–H and O–H groups in total. The Morgan fingerprint density at radius 1 is 1.25 bits per heavy atom. The molecular weight excluding hydrogens is 321 g/mol. The molecule has 1 aromatic carbocycles. The van der Waals surface area contributed by atoms with Crippen molar-refractivity contribution < 1.29 is 23.1 Å². The van der Waals surface area contributed by atoms with E-state index in [1.54, 1.807) is 6.07 Å². The van der Waals surface area contributed by atoms with Crippen molar-refractivity contribution in [3.8, 4) is 11.1 Å². The third-order valence-corrected chi connectivity index (χ3v) is 3.46. The molecule has 24 heavy (non-hydrogen) atoms. The van der Waals surface area contributed by atoms with Crippen molar-refractivity contribution >= 4 is 5.97 Å². The summed E-state index contributed by atoms with van der Waals surface area (Å²) < 4.78 is 38.8. The first-order valence-corrected chi connectivity index (χ1v) is 7.38. The lowest BCUT2D eigenvalue weighted by molar-refractivity contribution is -0.138. The van der Waals surface area contributed by atoms with Crippen molar-refractivity contribution in [3.63, 3.8) is 0 Å². The van der Waals surface area contributed by atoms with Crippen LogP contribution in [0.3, 0.4) is 0 Å². The summed E-state index contributed by atoms with van der Waals surface area (Å²) in [6.45, 7) is 2.76. The Kier molecular flexibility index (Phi) is 5.56. The highest BCUT2D eigenvalue weighted by molar-refractivity contribution is 5.72. The number of alkyl halides is 3. The first-order chi connectivity index (χ1) is 11.3. The fourth-order valence-electron chi connectivity index (χ4n) is 2.36. The lowest BCUT2D eigenvalue weighted by Crippen LogP contribution is -2.14. The van der Waals surface area contributed by atoms with Crippen LogP contribution in [-0.4, -0.2) is 22.6 Å². The van der Waals surface area contributed by atoms with Gasteiger partial charge in [-0.25, -0.2) is 0 Å². The number of hydrogen-bond acceptors (Lipinski definition) is 3. The van der Waals surface area contributed by atoms with Gasteiger partial charge in [0.15, 0.2) is 0 Å². The molecule has 0 radical (unpaired) electrons. The Bertz CT molecular complexity index is 730. The van der Waals surface area contributed by atoms with Crippen LogP contribution in [0.4, 0.5) is 13.2 Å². The summed E-state index contributed by atoms with van der Waals surface area (Å²) in [5.74, 6) is -0.991. The van der Waals surface area contributed by atoms with Crippen molar-refractivity contribution in [2.24, 2.45) is 0 Å². The molecule has 0 amide bonds. The number of benzene rings is 1. The van der Waals surface area contributed by atoms with Gasteiger partial charge in [-0.1, -0.05) is 13.0 Å². The van der Waals surface area contributed by atoms with E-state index in [2.05, 4.69) is 10.3 Å². The molecule has 0 aliphatic rings. The summed E-state index contributed by atoms with van der Waals surface area (Å²) >= 11 is 0. The summed E-state index contributed by atoms with van der Waals surface area (Å²) in [7, 11) is 0. The van der Waals surface area contributed by atoms with Crippen LogP contribution in [0.15, 0.2) is 36.7 Å². The van der Waals surface area contributed by atoms with Gasteiger partial charge in [0, 0.05) is 24.5 Å². The van der Waals surface area contributed by atoms with Crippen molar-refractivity contribution in [1.82, 2.24) is 10.3 Å². The number of aliphatic carboxylic acids is 1. The summed E-state index contributed by atoms with van der Waals surface area (Å²) in [5, 5.41) is 11.9. The minimum absolute atomic E-state index is 0.190. The van der Waals surface area contributed by atoms with Crippen LogP contribution < -0.4 is 5.32 Å².